The average molecular weight is 353 g/mol. The highest BCUT2D eigenvalue weighted by Crippen LogP contribution is 2.22. The number of hydrogen-bond acceptors (Lipinski definition) is 3. The Labute approximate surface area is 152 Å². The van der Waals surface area contributed by atoms with Gasteiger partial charge in [-0.25, -0.2) is 4.98 Å². The predicted molar refractivity (Wildman–Crippen MR) is 103 cm³/mol. The topological polar surface area (TPSA) is 46.4 Å². The third-order valence-corrected chi connectivity index (χ3v) is 4.95. The molecule has 1 atom stereocenters. The van der Waals surface area contributed by atoms with Crippen molar-refractivity contribution in [2.75, 3.05) is 5.75 Å². The summed E-state index contributed by atoms with van der Waals surface area (Å²) in [6, 6.07) is 16.2. The summed E-state index contributed by atoms with van der Waals surface area (Å²) in [5.74, 6) is 0.900. The first-order chi connectivity index (χ1) is 12.1. The first kappa shape index (κ1) is 17.5. The summed E-state index contributed by atoms with van der Waals surface area (Å²) in [5.41, 5.74) is 2.19. The molecule has 0 saturated heterocycles. The molecular weight excluding hydrogens is 330 g/mol. The minimum atomic E-state index is 0.0344. The van der Waals surface area contributed by atoms with Gasteiger partial charge < -0.3 is 5.32 Å². The van der Waals surface area contributed by atoms with Gasteiger partial charge in [0, 0.05) is 6.20 Å². The number of carbonyl (C=O) groups is 1. The molecule has 3 rings (SSSR count). The lowest BCUT2D eigenvalue weighted by Crippen LogP contribution is -2.30. The second kappa shape index (κ2) is 8.21. The van der Waals surface area contributed by atoms with Crippen LogP contribution in [-0.2, 0) is 4.79 Å². The molecule has 1 N–H and O–H groups in total. The summed E-state index contributed by atoms with van der Waals surface area (Å²) >= 11 is 1.46. The molecule has 0 aliphatic rings. The van der Waals surface area contributed by atoms with E-state index in [4.69, 9.17) is 0 Å². The van der Waals surface area contributed by atoms with Crippen molar-refractivity contribution in [3.63, 3.8) is 0 Å². The van der Waals surface area contributed by atoms with Gasteiger partial charge in [-0.05, 0) is 30.0 Å². The molecule has 0 aliphatic carbocycles. The quantitative estimate of drug-likeness (QED) is 0.643. The van der Waals surface area contributed by atoms with Crippen molar-refractivity contribution in [1.29, 1.82) is 0 Å². The van der Waals surface area contributed by atoms with Gasteiger partial charge in [0.2, 0.25) is 5.91 Å². The van der Waals surface area contributed by atoms with E-state index >= 15 is 0 Å². The molecule has 4 nitrogen and oxygen atoms in total. The summed E-state index contributed by atoms with van der Waals surface area (Å²) in [4.78, 5) is 16.9. The Morgan fingerprint density at radius 2 is 1.92 bits per heavy atom. The molecule has 2 heterocycles. The molecule has 1 amide bonds. The van der Waals surface area contributed by atoms with Crippen molar-refractivity contribution in [2.24, 2.45) is 5.92 Å². The number of rotatable bonds is 7. The van der Waals surface area contributed by atoms with Gasteiger partial charge >= 0.3 is 0 Å². The molecule has 0 fully saturated rings. The fourth-order valence-electron chi connectivity index (χ4n) is 2.83. The number of pyridine rings is 1. The summed E-state index contributed by atoms with van der Waals surface area (Å²) in [6.45, 7) is 4.35. The number of fused-ring (bicyclic) bond motifs is 1. The third-order valence-electron chi connectivity index (χ3n) is 3.98. The van der Waals surface area contributed by atoms with Gasteiger partial charge in [0.25, 0.3) is 0 Å². The van der Waals surface area contributed by atoms with Crippen LogP contribution in [0.2, 0.25) is 0 Å². The molecule has 0 aliphatic heterocycles. The van der Waals surface area contributed by atoms with Gasteiger partial charge in [0.15, 0.2) is 5.16 Å². The Kier molecular flexibility index (Phi) is 5.76. The summed E-state index contributed by atoms with van der Waals surface area (Å²) in [6.07, 6.45) is 4.71. The Bertz CT molecular complexity index is 829. The maximum atomic E-state index is 12.5. The second-order valence-electron chi connectivity index (χ2n) is 6.49. The van der Waals surface area contributed by atoms with Crippen LogP contribution in [0.4, 0.5) is 0 Å². The van der Waals surface area contributed by atoms with E-state index in [1.165, 1.54) is 11.8 Å². The van der Waals surface area contributed by atoms with E-state index in [9.17, 15) is 4.79 Å². The monoisotopic (exact) mass is 353 g/mol. The Morgan fingerprint density at radius 1 is 1.16 bits per heavy atom. The summed E-state index contributed by atoms with van der Waals surface area (Å²) < 4.78 is 2.00. The zero-order valence-electron chi connectivity index (χ0n) is 14.6. The highest BCUT2D eigenvalue weighted by atomic mass is 32.2. The van der Waals surface area contributed by atoms with Crippen LogP contribution in [0.3, 0.4) is 0 Å². The van der Waals surface area contributed by atoms with Crippen LogP contribution in [0.15, 0.2) is 66.1 Å². The molecule has 2 aromatic heterocycles. The minimum Gasteiger partial charge on any atom is -0.349 e. The highest BCUT2D eigenvalue weighted by molar-refractivity contribution is 7.99. The fraction of sp³-hybridized carbons (Fsp3) is 0.300. The van der Waals surface area contributed by atoms with Gasteiger partial charge in [-0.1, -0.05) is 62.0 Å². The van der Waals surface area contributed by atoms with Crippen molar-refractivity contribution in [1.82, 2.24) is 14.7 Å². The number of nitrogens with one attached hydrogen (secondary N) is 1. The maximum absolute atomic E-state index is 12.5. The summed E-state index contributed by atoms with van der Waals surface area (Å²) in [7, 11) is 0. The van der Waals surface area contributed by atoms with Crippen molar-refractivity contribution in [3.8, 4) is 0 Å². The molecule has 0 radical (unpaired) electrons. The number of hydrogen-bond donors (Lipinski definition) is 1. The van der Waals surface area contributed by atoms with Crippen molar-refractivity contribution < 1.29 is 4.79 Å². The van der Waals surface area contributed by atoms with E-state index in [2.05, 4.69) is 36.3 Å². The maximum Gasteiger partial charge on any atom is 0.230 e. The van der Waals surface area contributed by atoms with Crippen molar-refractivity contribution in [2.45, 2.75) is 31.5 Å². The minimum absolute atomic E-state index is 0.0344. The molecule has 0 spiro atoms. The van der Waals surface area contributed by atoms with E-state index in [1.807, 2.05) is 53.2 Å². The smallest absolute Gasteiger partial charge is 0.230 e. The largest absolute Gasteiger partial charge is 0.349 e. The number of carbonyl (C=O) groups excluding carboxylic acids is 1. The first-order valence-electron chi connectivity index (χ1n) is 8.52. The van der Waals surface area contributed by atoms with E-state index in [1.54, 1.807) is 0 Å². The lowest BCUT2D eigenvalue weighted by molar-refractivity contribution is -0.119. The van der Waals surface area contributed by atoms with Crippen molar-refractivity contribution in [3.05, 3.63) is 66.5 Å². The number of benzene rings is 1. The Morgan fingerprint density at radius 3 is 2.68 bits per heavy atom. The van der Waals surface area contributed by atoms with E-state index in [-0.39, 0.29) is 11.9 Å². The molecule has 130 valence electrons. The Balaban J connectivity index is 1.63. The van der Waals surface area contributed by atoms with Crippen LogP contribution in [0.25, 0.3) is 5.52 Å². The molecule has 0 saturated carbocycles. The fourth-order valence-corrected chi connectivity index (χ4v) is 3.60. The van der Waals surface area contributed by atoms with E-state index < -0.39 is 0 Å². The average Bonchev–Trinajstić information content (AvgIpc) is 3.03. The SMILES string of the molecule is CC(C)C[C@@H](NC(=O)CSc1ncc2ccccn12)c1ccccc1. The molecule has 3 aromatic rings. The van der Waals surface area contributed by atoms with Gasteiger partial charge in [0.1, 0.15) is 0 Å². The standard InChI is InChI=1S/C20H23N3OS/c1-15(2)12-18(16-8-4-3-5-9-16)22-19(24)14-25-20-21-13-17-10-6-7-11-23(17)20/h3-11,13,15,18H,12,14H2,1-2H3,(H,22,24)/t18-/m1/s1. The van der Waals surface area contributed by atoms with Crippen LogP contribution in [0, 0.1) is 5.92 Å². The zero-order valence-corrected chi connectivity index (χ0v) is 15.4. The molecule has 1 aromatic carbocycles. The van der Waals surface area contributed by atoms with Crippen LogP contribution < -0.4 is 5.32 Å². The Hall–Kier alpha value is -2.27. The van der Waals surface area contributed by atoms with Crippen LogP contribution in [0.1, 0.15) is 31.9 Å². The predicted octanol–water partition coefficient (Wildman–Crippen LogP) is 4.33. The summed E-state index contributed by atoms with van der Waals surface area (Å²) in [5, 5.41) is 4.02. The van der Waals surface area contributed by atoms with E-state index in [0.29, 0.717) is 11.7 Å². The number of aromatic nitrogens is 2. The number of amides is 1. The third kappa shape index (κ3) is 4.63. The van der Waals surface area contributed by atoms with Gasteiger partial charge in [0.05, 0.1) is 23.5 Å². The molecule has 0 bridgehead atoms. The lowest BCUT2D eigenvalue weighted by atomic mass is 9.97. The number of nitrogens with zero attached hydrogens (tertiary/aromatic N) is 2. The zero-order chi connectivity index (χ0) is 17.6. The second-order valence-corrected chi connectivity index (χ2v) is 7.43. The molecule has 5 heteroatoms. The molecule has 0 unspecified atom stereocenters. The van der Waals surface area contributed by atoms with Gasteiger partial charge in [-0.3, -0.25) is 9.20 Å². The normalized spacial score (nSPS) is 12.4. The van der Waals surface area contributed by atoms with Crippen molar-refractivity contribution >= 4 is 23.2 Å². The van der Waals surface area contributed by atoms with Crippen LogP contribution in [0.5, 0.6) is 0 Å². The van der Waals surface area contributed by atoms with Crippen LogP contribution >= 0.6 is 11.8 Å². The molecule has 25 heavy (non-hydrogen) atoms. The van der Waals surface area contributed by atoms with E-state index in [0.717, 1.165) is 22.7 Å². The lowest BCUT2D eigenvalue weighted by Gasteiger charge is -2.21. The van der Waals surface area contributed by atoms with Gasteiger partial charge in [-0.2, -0.15) is 0 Å². The highest BCUT2D eigenvalue weighted by Gasteiger charge is 2.16. The van der Waals surface area contributed by atoms with Gasteiger partial charge in [-0.15, -0.1) is 0 Å². The number of imidazole rings is 1. The number of thioether (sulfide) groups is 1. The first-order valence-corrected chi connectivity index (χ1v) is 9.51. The molecular formula is C20H23N3OS. The van der Waals surface area contributed by atoms with Crippen LogP contribution in [-0.4, -0.2) is 21.0 Å².